The third-order valence-electron chi connectivity index (χ3n) is 4.52. The molecular weight excluding hydrogens is 408 g/mol. The molecule has 0 saturated carbocycles. The van der Waals surface area contributed by atoms with Gasteiger partial charge in [-0.15, -0.1) is 0 Å². The summed E-state index contributed by atoms with van der Waals surface area (Å²) in [7, 11) is 1.58. The third kappa shape index (κ3) is 5.14. The number of nitrogens with one attached hydrogen (secondary N) is 2. The third-order valence-corrected chi connectivity index (χ3v) is 4.52. The van der Waals surface area contributed by atoms with E-state index in [1.54, 1.807) is 37.6 Å². The van der Waals surface area contributed by atoms with Crippen molar-refractivity contribution in [1.82, 2.24) is 19.7 Å². The lowest BCUT2D eigenvalue weighted by Crippen LogP contribution is -2.19. The Morgan fingerprint density at radius 1 is 0.906 bits per heavy atom. The van der Waals surface area contributed by atoms with Gasteiger partial charge >= 0.3 is 0 Å². The Morgan fingerprint density at radius 3 is 2.31 bits per heavy atom. The van der Waals surface area contributed by atoms with Crippen molar-refractivity contribution < 1.29 is 14.3 Å². The van der Waals surface area contributed by atoms with Crippen molar-refractivity contribution in [2.75, 3.05) is 17.7 Å². The zero-order valence-electron chi connectivity index (χ0n) is 17.2. The second-order valence-electron chi connectivity index (χ2n) is 6.82. The Balaban J connectivity index is 1.33. The van der Waals surface area contributed by atoms with Crippen molar-refractivity contribution in [1.29, 1.82) is 0 Å². The summed E-state index contributed by atoms with van der Waals surface area (Å²) in [6.07, 6.45) is 5.98. The molecule has 2 aromatic heterocycles. The number of hydrogen-bond donors (Lipinski definition) is 2. The molecule has 0 radical (unpaired) electrons. The summed E-state index contributed by atoms with van der Waals surface area (Å²) in [4.78, 5) is 33.2. The molecule has 2 N–H and O–H groups in total. The molecule has 0 atom stereocenters. The lowest BCUT2D eigenvalue weighted by atomic mass is 10.2. The molecule has 4 rings (SSSR count). The maximum absolute atomic E-state index is 12.5. The Hall–Kier alpha value is -4.53. The lowest BCUT2D eigenvalue weighted by Gasteiger charge is -2.06. The van der Waals surface area contributed by atoms with Gasteiger partial charge in [-0.3, -0.25) is 14.3 Å². The van der Waals surface area contributed by atoms with Crippen LogP contribution in [0, 0.1) is 0 Å². The van der Waals surface area contributed by atoms with E-state index in [1.165, 1.54) is 23.3 Å². The second-order valence-corrected chi connectivity index (χ2v) is 6.82. The molecule has 32 heavy (non-hydrogen) atoms. The molecule has 0 fully saturated rings. The smallest absolute Gasteiger partial charge is 0.258 e. The molecule has 2 heterocycles. The zero-order chi connectivity index (χ0) is 22.3. The number of nitrogens with zero attached hydrogens (tertiary/aromatic N) is 4. The summed E-state index contributed by atoms with van der Waals surface area (Å²) < 4.78 is 6.53. The van der Waals surface area contributed by atoms with Crippen molar-refractivity contribution in [2.45, 2.75) is 6.54 Å². The summed E-state index contributed by atoms with van der Waals surface area (Å²) in [6.45, 7) is -0.00319. The predicted octanol–water partition coefficient (Wildman–Crippen LogP) is 3.24. The highest BCUT2D eigenvalue weighted by Gasteiger charge is 2.11. The number of amides is 2. The van der Waals surface area contributed by atoms with Gasteiger partial charge in [-0.05, 0) is 24.3 Å². The number of ether oxygens (including phenoxy) is 1. The van der Waals surface area contributed by atoms with E-state index in [4.69, 9.17) is 4.74 Å². The first-order valence-corrected chi connectivity index (χ1v) is 9.76. The molecule has 0 unspecified atom stereocenters. The second kappa shape index (κ2) is 9.52. The summed E-state index contributed by atoms with van der Waals surface area (Å²) in [5, 5.41) is 9.62. The molecule has 0 spiro atoms. The number of aromatic nitrogens is 4. The van der Waals surface area contributed by atoms with Crippen LogP contribution in [-0.2, 0) is 11.3 Å². The quantitative estimate of drug-likeness (QED) is 0.468. The monoisotopic (exact) mass is 428 g/mol. The number of rotatable bonds is 7. The molecule has 0 aliphatic heterocycles. The Kier molecular flexibility index (Phi) is 6.17. The highest BCUT2D eigenvalue weighted by molar-refractivity contribution is 6.03. The van der Waals surface area contributed by atoms with Crippen LogP contribution in [0.5, 0.6) is 5.75 Å². The minimum Gasteiger partial charge on any atom is -0.497 e. The average molecular weight is 428 g/mol. The maximum Gasteiger partial charge on any atom is 0.258 e. The molecule has 160 valence electrons. The fourth-order valence-corrected chi connectivity index (χ4v) is 2.92. The minimum atomic E-state index is -0.369. The fourth-order valence-electron chi connectivity index (χ4n) is 2.92. The predicted molar refractivity (Wildman–Crippen MR) is 119 cm³/mol. The first-order chi connectivity index (χ1) is 15.6. The average Bonchev–Trinajstić information content (AvgIpc) is 3.26. The normalized spacial score (nSPS) is 10.4. The molecule has 2 amide bonds. The number of anilines is 2. The van der Waals surface area contributed by atoms with Gasteiger partial charge in [0.25, 0.3) is 5.91 Å². The largest absolute Gasteiger partial charge is 0.497 e. The number of carbonyl (C=O) groups is 2. The summed E-state index contributed by atoms with van der Waals surface area (Å²) in [5.41, 5.74) is 2.29. The van der Waals surface area contributed by atoms with E-state index in [1.807, 2.05) is 30.3 Å². The van der Waals surface area contributed by atoms with Crippen LogP contribution in [0.4, 0.5) is 11.4 Å². The van der Waals surface area contributed by atoms with Crippen LogP contribution in [0.25, 0.3) is 11.4 Å². The number of carbonyl (C=O) groups excluding carboxylic acids is 2. The van der Waals surface area contributed by atoms with Crippen molar-refractivity contribution >= 4 is 23.2 Å². The first-order valence-electron chi connectivity index (χ1n) is 9.76. The molecule has 9 heteroatoms. The van der Waals surface area contributed by atoms with Crippen molar-refractivity contribution in [3.8, 4) is 17.1 Å². The highest BCUT2D eigenvalue weighted by atomic mass is 16.5. The van der Waals surface area contributed by atoms with Gasteiger partial charge in [0.05, 0.1) is 24.6 Å². The van der Waals surface area contributed by atoms with Gasteiger partial charge in [0, 0.05) is 29.8 Å². The first kappa shape index (κ1) is 20.7. The summed E-state index contributed by atoms with van der Waals surface area (Å²) in [6, 6.07) is 16.5. The van der Waals surface area contributed by atoms with Crippen LogP contribution in [-0.4, -0.2) is 38.7 Å². The van der Waals surface area contributed by atoms with Crippen LogP contribution in [0.1, 0.15) is 10.4 Å². The Labute approximate surface area is 184 Å². The van der Waals surface area contributed by atoms with Crippen LogP contribution < -0.4 is 15.4 Å². The van der Waals surface area contributed by atoms with Crippen LogP contribution in [0.15, 0.2) is 79.4 Å². The van der Waals surface area contributed by atoms with Crippen molar-refractivity contribution in [2.24, 2.45) is 0 Å². The number of hydrogen-bond acceptors (Lipinski definition) is 6. The molecule has 0 aliphatic rings. The molecule has 4 aromatic rings. The van der Waals surface area contributed by atoms with E-state index in [2.05, 4.69) is 25.7 Å². The van der Waals surface area contributed by atoms with E-state index in [-0.39, 0.29) is 18.4 Å². The SMILES string of the molecule is COc1ccc(NC(=O)Cn2cc(NC(=O)c3cnc(-c4ccccc4)nc3)cn2)cc1. The number of benzene rings is 2. The van der Waals surface area contributed by atoms with Crippen molar-refractivity contribution in [3.05, 3.63) is 84.9 Å². The zero-order valence-corrected chi connectivity index (χ0v) is 17.2. The van der Waals surface area contributed by atoms with Gasteiger partial charge in [-0.1, -0.05) is 30.3 Å². The van der Waals surface area contributed by atoms with Gasteiger partial charge in [-0.25, -0.2) is 9.97 Å². The molecule has 9 nitrogen and oxygen atoms in total. The molecule has 2 aromatic carbocycles. The van der Waals surface area contributed by atoms with Crippen LogP contribution in [0.2, 0.25) is 0 Å². The number of methoxy groups -OCH3 is 1. The maximum atomic E-state index is 12.5. The van der Waals surface area contributed by atoms with Gasteiger partial charge in [0.1, 0.15) is 12.3 Å². The summed E-state index contributed by atoms with van der Waals surface area (Å²) in [5.74, 6) is 0.626. The Morgan fingerprint density at radius 2 is 1.62 bits per heavy atom. The molecule has 0 aliphatic carbocycles. The summed E-state index contributed by atoms with van der Waals surface area (Å²) >= 11 is 0. The van der Waals surface area contributed by atoms with E-state index in [0.717, 1.165) is 5.56 Å². The van der Waals surface area contributed by atoms with E-state index >= 15 is 0 Å². The van der Waals surface area contributed by atoms with E-state index in [9.17, 15) is 9.59 Å². The van der Waals surface area contributed by atoms with Crippen molar-refractivity contribution in [3.63, 3.8) is 0 Å². The topological polar surface area (TPSA) is 111 Å². The standard InChI is InChI=1S/C23H20N6O3/c1-32-20-9-7-18(8-10-20)27-21(30)15-29-14-19(13-26-29)28-23(31)17-11-24-22(25-12-17)16-5-3-2-4-6-16/h2-14H,15H2,1H3,(H,27,30)(H,28,31). The minimum absolute atomic E-state index is 0.00319. The van der Waals surface area contributed by atoms with Crippen LogP contribution in [0.3, 0.4) is 0 Å². The van der Waals surface area contributed by atoms with E-state index in [0.29, 0.717) is 28.5 Å². The van der Waals surface area contributed by atoms with Gasteiger partial charge in [0.2, 0.25) is 5.91 Å². The van der Waals surface area contributed by atoms with Crippen LogP contribution >= 0.6 is 0 Å². The lowest BCUT2D eigenvalue weighted by molar-refractivity contribution is -0.116. The van der Waals surface area contributed by atoms with Gasteiger partial charge < -0.3 is 15.4 Å². The fraction of sp³-hybridized carbons (Fsp3) is 0.0870. The Bertz CT molecular complexity index is 1200. The van der Waals surface area contributed by atoms with Gasteiger partial charge in [-0.2, -0.15) is 5.10 Å². The molecule has 0 saturated heterocycles. The van der Waals surface area contributed by atoms with Gasteiger partial charge in [0.15, 0.2) is 5.82 Å². The molecule has 0 bridgehead atoms. The molecular formula is C23H20N6O3. The highest BCUT2D eigenvalue weighted by Crippen LogP contribution is 2.16. The van der Waals surface area contributed by atoms with E-state index < -0.39 is 0 Å².